The lowest BCUT2D eigenvalue weighted by Gasteiger charge is -2.03. The Balaban J connectivity index is 3.09. The van der Waals surface area contributed by atoms with Gasteiger partial charge in [0.1, 0.15) is 0 Å². The van der Waals surface area contributed by atoms with Gasteiger partial charge in [-0.2, -0.15) is 0 Å². The van der Waals surface area contributed by atoms with Gasteiger partial charge >= 0.3 is 0 Å². The van der Waals surface area contributed by atoms with Gasteiger partial charge in [-0.05, 0) is 38.5 Å². The number of unbranched alkanes of at least 4 members (excludes halogenated alkanes) is 25. The van der Waals surface area contributed by atoms with Gasteiger partial charge in [-0.15, -0.1) is 0 Å². The largest absolute Gasteiger partial charge is 0.0991 e. The van der Waals surface area contributed by atoms with Crippen molar-refractivity contribution in [3.8, 4) is 0 Å². The molecule has 0 saturated heterocycles. The lowest BCUT2D eigenvalue weighted by atomic mass is 10.0. The summed E-state index contributed by atoms with van der Waals surface area (Å²) < 4.78 is 0. The molecular formula is C34H64. The molecule has 0 atom stereocenters. The molecule has 0 aliphatic heterocycles. The van der Waals surface area contributed by atoms with Crippen molar-refractivity contribution in [3.63, 3.8) is 0 Å². The molecule has 0 amide bonds. The van der Waals surface area contributed by atoms with Crippen LogP contribution >= 0.6 is 0 Å². The summed E-state index contributed by atoms with van der Waals surface area (Å²) in [5.74, 6) is 0. The molecule has 0 unspecified atom stereocenters. The number of rotatable bonds is 29. The van der Waals surface area contributed by atoms with Crippen LogP contribution in [-0.4, -0.2) is 0 Å². The molecule has 0 rings (SSSR count). The first kappa shape index (κ1) is 33.2. The van der Waals surface area contributed by atoms with E-state index in [-0.39, 0.29) is 0 Å². The van der Waals surface area contributed by atoms with Crippen molar-refractivity contribution in [1.82, 2.24) is 0 Å². The van der Waals surface area contributed by atoms with Crippen molar-refractivity contribution in [1.29, 1.82) is 0 Å². The third-order valence-corrected chi connectivity index (χ3v) is 7.15. The smallest absolute Gasteiger partial charge is 0.0348 e. The van der Waals surface area contributed by atoms with Crippen LogP contribution in [0.2, 0.25) is 0 Å². The summed E-state index contributed by atoms with van der Waals surface area (Å²) in [6.07, 6.45) is 49.5. The lowest BCUT2D eigenvalue weighted by molar-refractivity contribution is 0.542. The van der Waals surface area contributed by atoms with E-state index in [1.54, 1.807) is 0 Å². The van der Waals surface area contributed by atoms with Crippen molar-refractivity contribution < 1.29 is 0 Å². The van der Waals surface area contributed by atoms with Gasteiger partial charge in [0.25, 0.3) is 0 Å². The van der Waals surface area contributed by atoms with E-state index < -0.39 is 0 Å². The monoisotopic (exact) mass is 473 g/mol. The second-order valence-electron chi connectivity index (χ2n) is 10.6. The number of allylic oxidation sites excluding steroid dienone is 5. The fourth-order valence-corrected chi connectivity index (χ4v) is 4.82. The summed E-state index contributed by atoms with van der Waals surface area (Å²) in [5, 5.41) is 0. The number of hydrogen-bond donors (Lipinski definition) is 0. The zero-order valence-electron chi connectivity index (χ0n) is 23.7. The Kier molecular flexibility index (Phi) is 31.5. The van der Waals surface area contributed by atoms with E-state index in [4.69, 9.17) is 0 Å². The maximum atomic E-state index is 3.71. The van der Waals surface area contributed by atoms with Gasteiger partial charge < -0.3 is 0 Å². The topological polar surface area (TPSA) is 0 Å². The van der Waals surface area contributed by atoms with Gasteiger partial charge in [-0.25, -0.2) is 0 Å². The van der Waals surface area contributed by atoms with E-state index in [1.165, 1.54) is 173 Å². The van der Waals surface area contributed by atoms with Crippen LogP contribution in [0, 0.1) is 0 Å². The minimum absolute atomic E-state index is 1.22. The Morgan fingerprint density at radius 2 is 0.618 bits per heavy atom. The second-order valence-corrected chi connectivity index (χ2v) is 10.6. The molecule has 0 heterocycles. The quantitative estimate of drug-likeness (QED) is 0.0576. The summed E-state index contributed by atoms with van der Waals surface area (Å²) >= 11 is 0. The minimum Gasteiger partial charge on any atom is -0.0991 e. The van der Waals surface area contributed by atoms with Gasteiger partial charge in [0, 0.05) is 0 Å². The third kappa shape index (κ3) is 31.2. The zero-order valence-corrected chi connectivity index (χ0v) is 23.7. The molecule has 0 nitrogen and oxygen atoms in total. The van der Waals surface area contributed by atoms with Crippen molar-refractivity contribution in [2.75, 3.05) is 0 Å². The first-order chi connectivity index (χ1) is 16.9. The predicted molar refractivity (Wildman–Crippen MR) is 159 cm³/mol. The van der Waals surface area contributed by atoms with E-state index >= 15 is 0 Å². The molecule has 0 heteroatoms. The zero-order chi connectivity index (χ0) is 24.6. The summed E-state index contributed by atoms with van der Waals surface area (Å²) in [7, 11) is 0. The molecular weight excluding hydrogens is 408 g/mol. The van der Waals surface area contributed by atoms with E-state index in [0.29, 0.717) is 0 Å². The summed E-state index contributed by atoms with van der Waals surface area (Å²) in [5.41, 5.74) is 0. The van der Waals surface area contributed by atoms with Gasteiger partial charge in [0.2, 0.25) is 0 Å². The van der Waals surface area contributed by atoms with Crippen LogP contribution in [0.15, 0.2) is 37.0 Å². The highest BCUT2D eigenvalue weighted by atomic mass is 14.0. The molecule has 34 heavy (non-hydrogen) atoms. The Morgan fingerprint density at radius 1 is 0.353 bits per heavy atom. The van der Waals surface area contributed by atoms with E-state index in [2.05, 4.69) is 37.8 Å². The summed E-state index contributed by atoms with van der Waals surface area (Å²) in [4.78, 5) is 0. The Bertz CT molecular complexity index is 416. The van der Waals surface area contributed by atoms with Crippen LogP contribution in [0.3, 0.4) is 0 Å². The summed E-state index contributed by atoms with van der Waals surface area (Å²) in [6.45, 7) is 6.01. The highest BCUT2D eigenvalue weighted by Crippen LogP contribution is 2.14. The van der Waals surface area contributed by atoms with Crippen LogP contribution in [0.25, 0.3) is 0 Å². The van der Waals surface area contributed by atoms with Crippen molar-refractivity contribution in [2.45, 2.75) is 180 Å². The highest BCUT2D eigenvalue weighted by Gasteiger charge is 1.95. The molecule has 0 aromatic carbocycles. The minimum atomic E-state index is 1.22. The van der Waals surface area contributed by atoms with Crippen LogP contribution < -0.4 is 0 Å². The predicted octanol–water partition coefficient (Wildman–Crippen LogP) is 12.8. The standard InChI is InChI=1S/C34H64/c1-3-5-7-9-11-13-15-17-19-21-23-25-27-29-31-33-34-32-30-28-26-24-22-20-18-16-14-12-10-8-6-4-2/h3,5,7,30,32H,1,4,6,8-29,31,33-34H2,2H3. The fraction of sp³-hybridized carbons (Fsp3) is 0.824. The molecule has 0 aliphatic carbocycles. The molecule has 0 fully saturated rings. The Labute approximate surface area is 217 Å². The molecule has 0 aromatic heterocycles. The molecule has 0 radical (unpaired) electrons. The lowest BCUT2D eigenvalue weighted by Crippen LogP contribution is -1.83. The molecule has 0 bridgehead atoms. The third-order valence-electron chi connectivity index (χ3n) is 7.15. The van der Waals surface area contributed by atoms with Crippen molar-refractivity contribution in [3.05, 3.63) is 37.0 Å². The van der Waals surface area contributed by atoms with E-state index in [0.717, 1.165) is 0 Å². The van der Waals surface area contributed by atoms with Crippen LogP contribution in [-0.2, 0) is 0 Å². The molecule has 200 valence electrons. The van der Waals surface area contributed by atoms with Crippen molar-refractivity contribution in [2.24, 2.45) is 0 Å². The molecule has 0 N–H and O–H groups in total. The molecule has 0 aliphatic rings. The van der Waals surface area contributed by atoms with Gasteiger partial charge in [0.15, 0.2) is 0 Å². The average Bonchev–Trinajstić information content (AvgIpc) is 2.85. The van der Waals surface area contributed by atoms with Crippen LogP contribution in [0.5, 0.6) is 0 Å². The van der Waals surface area contributed by atoms with E-state index in [9.17, 15) is 0 Å². The average molecular weight is 473 g/mol. The molecule has 0 aromatic rings. The normalized spacial score (nSPS) is 11.8. The molecule has 0 spiro atoms. The van der Waals surface area contributed by atoms with E-state index in [1.807, 2.05) is 6.08 Å². The highest BCUT2D eigenvalue weighted by molar-refractivity contribution is 4.96. The Morgan fingerprint density at radius 3 is 0.912 bits per heavy atom. The first-order valence-electron chi connectivity index (χ1n) is 15.8. The van der Waals surface area contributed by atoms with Crippen LogP contribution in [0.1, 0.15) is 180 Å². The maximum absolute atomic E-state index is 3.71. The summed E-state index contributed by atoms with van der Waals surface area (Å²) in [6, 6.07) is 0. The SMILES string of the molecule is C=CC=CCCCCCCCCCCCCCCC=CCCCCCCCCCCCCCC. The Hall–Kier alpha value is -0.780. The molecule has 0 saturated carbocycles. The van der Waals surface area contributed by atoms with Crippen LogP contribution in [0.4, 0.5) is 0 Å². The maximum Gasteiger partial charge on any atom is -0.0348 e. The number of hydrogen-bond acceptors (Lipinski definition) is 0. The van der Waals surface area contributed by atoms with Crippen molar-refractivity contribution >= 4 is 0 Å². The first-order valence-corrected chi connectivity index (χ1v) is 15.8. The van der Waals surface area contributed by atoms with Gasteiger partial charge in [-0.3, -0.25) is 0 Å². The fourth-order valence-electron chi connectivity index (χ4n) is 4.82. The van der Waals surface area contributed by atoms with Gasteiger partial charge in [-0.1, -0.05) is 179 Å². The second kappa shape index (κ2) is 32.2. The van der Waals surface area contributed by atoms with Gasteiger partial charge in [0.05, 0.1) is 0 Å².